The molecule has 48 valence electrons. The van der Waals surface area contributed by atoms with Gasteiger partial charge in [-0.05, 0) is 13.8 Å². The molecule has 0 saturated heterocycles. The predicted octanol–water partition coefficient (Wildman–Crippen LogP) is 1.52. The highest BCUT2D eigenvalue weighted by molar-refractivity contribution is 5.14. The first kappa shape index (κ1) is 7.67. The third-order valence-corrected chi connectivity index (χ3v) is 1.62. The standard InChI is InChI=1S/C7H16N/c1-5-7(3)8(4)6-2/h7H,4-6H2,1-3H3/q+1. The summed E-state index contributed by atoms with van der Waals surface area (Å²) in [5.74, 6) is 0. The molecule has 0 aromatic carbocycles. The molecule has 0 heterocycles. The van der Waals surface area contributed by atoms with Crippen molar-refractivity contribution in [2.24, 2.45) is 0 Å². The Balaban J connectivity index is 3.46. The molecule has 0 spiro atoms. The van der Waals surface area contributed by atoms with Gasteiger partial charge in [-0.3, -0.25) is 0 Å². The molecule has 1 heteroatoms. The molecule has 0 aliphatic heterocycles. The summed E-state index contributed by atoms with van der Waals surface area (Å²) < 4.78 is 2.10. The smallest absolute Gasteiger partial charge is 0.149 e. The fourth-order valence-electron chi connectivity index (χ4n) is 0.570. The van der Waals surface area contributed by atoms with Crippen molar-refractivity contribution in [3.05, 3.63) is 0 Å². The lowest BCUT2D eigenvalue weighted by Gasteiger charge is -2.03. The monoisotopic (exact) mass is 114 g/mol. The first-order valence-electron chi connectivity index (χ1n) is 3.29. The van der Waals surface area contributed by atoms with E-state index in [-0.39, 0.29) is 0 Å². The van der Waals surface area contributed by atoms with E-state index < -0.39 is 0 Å². The average Bonchev–Trinajstić information content (AvgIpc) is 1.84. The van der Waals surface area contributed by atoms with Gasteiger partial charge in [-0.2, -0.15) is 0 Å². The predicted molar refractivity (Wildman–Crippen MR) is 37.7 cm³/mol. The van der Waals surface area contributed by atoms with Gasteiger partial charge in [-0.1, -0.05) is 6.92 Å². The van der Waals surface area contributed by atoms with E-state index in [0.717, 1.165) is 6.54 Å². The Labute approximate surface area is 52.0 Å². The normalized spacial score (nSPS) is 13.4. The largest absolute Gasteiger partial charge is 0.240 e. The van der Waals surface area contributed by atoms with Crippen LogP contribution in [0.3, 0.4) is 0 Å². The van der Waals surface area contributed by atoms with Gasteiger partial charge in [-0.25, -0.2) is 4.58 Å². The number of nitrogens with zero attached hydrogens (tertiary/aromatic N) is 1. The van der Waals surface area contributed by atoms with Gasteiger partial charge in [0.2, 0.25) is 0 Å². The molecule has 0 saturated carbocycles. The minimum Gasteiger partial charge on any atom is -0.240 e. The van der Waals surface area contributed by atoms with Crippen LogP contribution in [0.25, 0.3) is 0 Å². The van der Waals surface area contributed by atoms with Crippen molar-refractivity contribution in [3.63, 3.8) is 0 Å². The first-order chi connectivity index (χ1) is 3.72. The average molecular weight is 114 g/mol. The zero-order valence-corrected chi connectivity index (χ0v) is 6.15. The van der Waals surface area contributed by atoms with Crippen molar-refractivity contribution in [1.29, 1.82) is 0 Å². The summed E-state index contributed by atoms with van der Waals surface area (Å²) in [6.45, 7) is 11.4. The lowest BCUT2D eigenvalue weighted by Crippen LogP contribution is -2.20. The highest BCUT2D eigenvalue weighted by Crippen LogP contribution is 1.92. The zero-order valence-electron chi connectivity index (χ0n) is 6.15. The van der Waals surface area contributed by atoms with Crippen LogP contribution in [0, 0.1) is 0 Å². The SMILES string of the molecule is C=[N+](CC)C(C)CC. The highest BCUT2D eigenvalue weighted by atomic mass is 15.0. The third kappa shape index (κ3) is 2.10. The minimum atomic E-state index is 0.639. The Kier molecular flexibility index (Phi) is 3.49. The van der Waals surface area contributed by atoms with Crippen LogP contribution in [-0.4, -0.2) is 23.9 Å². The lowest BCUT2D eigenvalue weighted by atomic mass is 10.2. The van der Waals surface area contributed by atoms with Crippen LogP contribution in [0.15, 0.2) is 0 Å². The van der Waals surface area contributed by atoms with Gasteiger partial charge in [0, 0.05) is 6.42 Å². The quantitative estimate of drug-likeness (QED) is 0.386. The van der Waals surface area contributed by atoms with E-state index in [1.807, 2.05) is 0 Å². The topological polar surface area (TPSA) is 3.01 Å². The summed E-state index contributed by atoms with van der Waals surface area (Å²) in [6.07, 6.45) is 1.19. The summed E-state index contributed by atoms with van der Waals surface area (Å²) >= 11 is 0. The summed E-state index contributed by atoms with van der Waals surface area (Å²) in [5.41, 5.74) is 0. The second-order valence-electron chi connectivity index (χ2n) is 2.16. The molecule has 1 unspecified atom stereocenters. The van der Waals surface area contributed by atoms with Gasteiger partial charge in [0.25, 0.3) is 0 Å². The Morgan fingerprint density at radius 3 is 2.12 bits per heavy atom. The second-order valence-corrected chi connectivity index (χ2v) is 2.16. The molecule has 0 aromatic heterocycles. The zero-order chi connectivity index (χ0) is 6.57. The first-order valence-corrected chi connectivity index (χ1v) is 3.29. The van der Waals surface area contributed by atoms with E-state index in [0.29, 0.717) is 6.04 Å². The molecular formula is C7H16N+. The van der Waals surface area contributed by atoms with Crippen LogP contribution in [0.5, 0.6) is 0 Å². The maximum Gasteiger partial charge on any atom is 0.149 e. The van der Waals surface area contributed by atoms with Crippen molar-refractivity contribution in [1.82, 2.24) is 0 Å². The Morgan fingerprint density at radius 1 is 1.50 bits per heavy atom. The Morgan fingerprint density at radius 2 is 2.00 bits per heavy atom. The number of hydrogen-bond acceptors (Lipinski definition) is 0. The molecule has 0 aliphatic rings. The van der Waals surface area contributed by atoms with E-state index in [2.05, 4.69) is 32.1 Å². The molecule has 0 fully saturated rings. The van der Waals surface area contributed by atoms with Gasteiger partial charge in [0.05, 0.1) is 0 Å². The lowest BCUT2D eigenvalue weighted by molar-refractivity contribution is -0.551. The van der Waals surface area contributed by atoms with Crippen LogP contribution in [0.2, 0.25) is 0 Å². The van der Waals surface area contributed by atoms with E-state index in [1.165, 1.54) is 6.42 Å². The molecule has 8 heavy (non-hydrogen) atoms. The van der Waals surface area contributed by atoms with Crippen LogP contribution in [0.4, 0.5) is 0 Å². The van der Waals surface area contributed by atoms with Crippen LogP contribution < -0.4 is 0 Å². The summed E-state index contributed by atoms with van der Waals surface area (Å²) in [5, 5.41) is 0. The molecule has 0 amide bonds. The van der Waals surface area contributed by atoms with Crippen molar-refractivity contribution < 1.29 is 4.58 Å². The van der Waals surface area contributed by atoms with Crippen molar-refractivity contribution in [2.45, 2.75) is 33.2 Å². The van der Waals surface area contributed by atoms with Gasteiger partial charge >= 0.3 is 0 Å². The molecule has 0 N–H and O–H groups in total. The van der Waals surface area contributed by atoms with Crippen LogP contribution in [0.1, 0.15) is 27.2 Å². The van der Waals surface area contributed by atoms with E-state index >= 15 is 0 Å². The molecule has 1 nitrogen and oxygen atoms in total. The van der Waals surface area contributed by atoms with Gasteiger partial charge < -0.3 is 0 Å². The van der Waals surface area contributed by atoms with Crippen molar-refractivity contribution in [2.75, 3.05) is 6.54 Å². The highest BCUT2D eigenvalue weighted by Gasteiger charge is 2.04. The van der Waals surface area contributed by atoms with E-state index in [9.17, 15) is 0 Å². The molecular weight excluding hydrogens is 98.1 g/mol. The number of rotatable bonds is 3. The maximum atomic E-state index is 3.86. The Hall–Kier alpha value is -0.330. The van der Waals surface area contributed by atoms with E-state index in [1.54, 1.807) is 0 Å². The van der Waals surface area contributed by atoms with E-state index in [4.69, 9.17) is 0 Å². The number of hydrogen-bond donors (Lipinski definition) is 0. The van der Waals surface area contributed by atoms with Crippen molar-refractivity contribution in [3.8, 4) is 0 Å². The molecule has 0 rings (SSSR count). The molecule has 1 atom stereocenters. The fourth-order valence-corrected chi connectivity index (χ4v) is 0.570. The summed E-state index contributed by atoms with van der Waals surface area (Å²) in [4.78, 5) is 0. The second kappa shape index (κ2) is 3.65. The van der Waals surface area contributed by atoms with Gasteiger partial charge in [-0.15, -0.1) is 0 Å². The van der Waals surface area contributed by atoms with Gasteiger partial charge in [0.15, 0.2) is 0 Å². The minimum absolute atomic E-state index is 0.639. The molecule has 0 bridgehead atoms. The van der Waals surface area contributed by atoms with Crippen LogP contribution >= 0.6 is 0 Å². The maximum absolute atomic E-state index is 3.86. The Bertz CT molecular complexity index is 76.5. The summed E-state index contributed by atoms with van der Waals surface area (Å²) in [6, 6.07) is 0.639. The van der Waals surface area contributed by atoms with Crippen LogP contribution in [-0.2, 0) is 0 Å². The van der Waals surface area contributed by atoms with Gasteiger partial charge in [0.1, 0.15) is 19.3 Å². The molecule has 0 radical (unpaired) electrons. The molecule has 0 aliphatic carbocycles. The summed E-state index contributed by atoms with van der Waals surface area (Å²) in [7, 11) is 0. The van der Waals surface area contributed by atoms with Crippen molar-refractivity contribution >= 4 is 6.72 Å². The molecule has 0 aromatic rings. The fraction of sp³-hybridized carbons (Fsp3) is 0.857. The third-order valence-electron chi connectivity index (χ3n) is 1.62.